The molecule has 1 rings (SSSR count). The fourth-order valence-electron chi connectivity index (χ4n) is 1.59. The highest BCUT2D eigenvalue weighted by molar-refractivity contribution is 5.74. The van der Waals surface area contributed by atoms with Crippen LogP contribution in [0.2, 0.25) is 0 Å². The first-order chi connectivity index (χ1) is 9.72. The fourth-order valence-corrected chi connectivity index (χ4v) is 1.59. The Morgan fingerprint density at radius 1 is 1.25 bits per heavy atom. The maximum absolute atomic E-state index is 10.4. The van der Waals surface area contributed by atoms with Gasteiger partial charge in [-0.1, -0.05) is 25.5 Å². The maximum Gasteiger partial charge on any atom is 0.243 e. The highest BCUT2D eigenvalue weighted by Gasteiger charge is 1.97. The van der Waals surface area contributed by atoms with E-state index in [4.69, 9.17) is 15.2 Å². The number of hydrogen-bond acceptors (Lipinski definition) is 4. The molecule has 0 aliphatic heterocycles. The van der Waals surface area contributed by atoms with E-state index < -0.39 is 5.91 Å². The summed E-state index contributed by atoms with van der Waals surface area (Å²) in [4.78, 5) is 10.4. The van der Waals surface area contributed by atoms with Crippen molar-refractivity contribution in [1.29, 1.82) is 0 Å². The molecule has 0 spiro atoms. The minimum absolute atomic E-state index is 0.0223. The SMILES string of the molecule is CCCCOc1ccc(CNCCOCC(N)=O)cc1. The van der Waals surface area contributed by atoms with Gasteiger partial charge in [0.25, 0.3) is 0 Å². The van der Waals surface area contributed by atoms with Crippen molar-refractivity contribution in [1.82, 2.24) is 5.32 Å². The van der Waals surface area contributed by atoms with Gasteiger partial charge in [-0.15, -0.1) is 0 Å². The average Bonchev–Trinajstić information content (AvgIpc) is 2.44. The van der Waals surface area contributed by atoms with E-state index in [1.54, 1.807) is 0 Å². The van der Waals surface area contributed by atoms with Gasteiger partial charge in [0.2, 0.25) is 5.91 Å². The summed E-state index contributed by atoms with van der Waals surface area (Å²) in [5.41, 5.74) is 6.14. The van der Waals surface area contributed by atoms with Crippen LogP contribution in [0.3, 0.4) is 0 Å². The van der Waals surface area contributed by atoms with Crippen LogP contribution in [0, 0.1) is 0 Å². The number of ether oxygens (including phenoxy) is 2. The molecule has 1 aromatic rings. The lowest BCUT2D eigenvalue weighted by atomic mass is 10.2. The molecule has 20 heavy (non-hydrogen) atoms. The summed E-state index contributed by atoms with van der Waals surface area (Å²) in [5.74, 6) is 0.468. The molecule has 1 amide bonds. The van der Waals surface area contributed by atoms with Crippen molar-refractivity contribution in [3.05, 3.63) is 29.8 Å². The van der Waals surface area contributed by atoms with E-state index in [1.165, 1.54) is 5.56 Å². The van der Waals surface area contributed by atoms with Crippen LogP contribution in [-0.2, 0) is 16.1 Å². The van der Waals surface area contributed by atoms with Gasteiger partial charge in [-0.05, 0) is 24.1 Å². The topological polar surface area (TPSA) is 73.6 Å². The Kier molecular flexibility index (Phi) is 8.42. The molecule has 0 saturated carbocycles. The molecule has 5 nitrogen and oxygen atoms in total. The summed E-state index contributed by atoms with van der Waals surface area (Å²) in [6, 6.07) is 8.05. The van der Waals surface area contributed by atoms with Crippen molar-refractivity contribution in [3.63, 3.8) is 0 Å². The average molecular weight is 280 g/mol. The zero-order valence-electron chi connectivity index (χ0n) is 12.1. The Balaban J connectivity index is 2.13. The number of primary amides is 1. The van der Waals surface area contributed by atoms with E-state index in [1.807, 2.05) is 24.3 Å². The number of nitrogens with one attached hydrogen (secondary N) is 1. The highest BCUT2D eigenvalue weighted by atomic mass is 16.5. The molecule has 0 saturated heterocycles. The zero-order chi connectivity index (χ0) is 14.6. The molecule has 0 aromatic heterocycles. The Morgan fingerprint density at radius 2 is 2.00 bits per heavy atom. The third kappa shape index (κ3) is 7.76. The number of unbranched alkanes of at least 4 members (excludes halogenated alkanes) is 1. The molecular weight excluding hydrogens is 256 g/mol. The maximum atomic E-state index is 10.4. The van der Waals surface area contributed by atoms with Crippen LogP contribution in [0.5, 0.6) is 5.75 Å². The molecule has 3 N–H and O–H groups in total. The lowest BCUT2D eigenvalue weighted by Gasteiger charge is -2.08. The standard InChI is InChI=1S/C15H24N2O3/c1-2-3-9-20-14-6-4-13(5-7-14)11-17-8-10-19-12-15(16)18/h4-7,17H,2-3,8-12H2,1H3,(H2,16,18). The molecule has 0 unspecified atom stereocenters. The molecule has 0 bridgehead atoms. The lowest BCUT2D eigenvalue weighted by molar-refractivity contribution is -0.122. The van der Waals surface area contributed by atoms with Crippen molar-refractivity contribution in [2.75, 3.05) is 26.4 Å². The molecule has 0 aliphatic rings. The molecule has 0 aliphatic carbocycles. The van der Waals surface area contributed by atoms with Gasteiger partial charge in [-0.3, -0.25) is 4.79 Å². The number of carbonyl (C=O) groups is 1. The third-order valence-electron chi connectivity index (χ3n) is 2.69. The Hall–Kier alpha value is -1.59. The summed E-state index contributed by atoms with van der Waals surface area (Å²) in [5, 5.41) is 3.23. The largest absolute Gasteiger partial charge is 0.494 e. The van der Waals surface area contributed by atoms with Crippen LogP contribution < -0.4 is 15.8 Å². The van der Waals surface area contributed by atoms with Gasteiger partial charge in [-0.25, -0.2) is 0 Å². The highest BCUT2D eigenvalue weighted by Crippen LogP contribution is 2.12. The Bertz CT molecular complexity index is 379. The first kappa shape index (κ1) is 16.5. The number of hydrogen-bond donors (Lipinski definition) is 2. The number of benzene rings is 1. The second-order valence-electron chi connectivity index (χ2n) is 4.54. The molecule has 112 valence electrons. The van der Waals surface area contributed by atoms with E-state index in [9.17, 15) is 4.79 Å². The van der Waals surface area contributed by atoms with Crippen molar-refractivity contribution >= 4 is 5.91 Å². The van der Waals surface area contributed by atoms with Gasteiger partial charge in [0, 0.05) is 13.1 Å². The Labute approximate surface area is 120 Å². The van der Waals surface area contributed by atoms with E-state index in [-0.39, 0.29) is 6.61 Å². The lowest BCUT2D eigenvalue weighted by Crippen LogP contribution is -2.23. The van der Waals surface area contributed by atoms with Gasteiger partial charge in [0.15, 0.2) is 0 Å². The second-order valence-corrected chi connectivity index (χ2v) is 4.54. The van der Waals surface area contributed by atoms with Crippen LogP contribution in [0.4, 0.5) is 0 Å². The smallest absolute Gasteiger partial charge is 0.243 e. The second kappa shape index (κ2) is 10.2. The van der Waals surface area contributed by atoms with Crippen molar-refractivity contribution in [2.24, 2.45) is 5.73 Å². The van der Waals surface area contributed by atoms with Gasteiger partial charge in [0.05, 0.1) is 13.2 Å². The minimum atomic E-state index is -0.441. The zero-order valence-corrected chi connectivity index (χ0v) is 12.1. The summed E-state index contributed by atoms with van der Waals surface area (Å²) in [7, 11) is 0. The number of carbonyl (C=O) groups excluding carboxylic acids is 1. The summed E-state index contributed by atoms with van der Waals surface area (Å²) in [6.45, 7) is 4.81. The fraction of sp³-hybridized carbons (Fsp3) is 0.533. The molecule has 1 aromatic carbocycles. The first-order valence-corrected chi connectivity index (χ1v) is 7.01. The van der Waals surface area contributed by atoms with Gasteiger partial charge in [-0.2, -0.15) is 0 Å². The predicted molar refractivity (Wildman–Crippen MR) is 78.6 cm³/mol. The van der Waals surface area contributed by atoms with Gasteiger partial charge in [0.1, 0.15) is 12.4 Å². The van der Waals surface area contributed by atoms with Crippen molar-refractivity contribution in [2.45, 2.75) is 26.3 Å². The molecule has 0 heterocycles. The number of nitrogens with two attached hydrogens (primary N) is 1. The summed E-state index contributed by atoms with van der Waals surface area (Å²) in [6.07, 6.45) is 2.22. The van der Waals surface area contributed by atoms with Crippen LogP contribution in [-0.4, -0.2) is 32.3 Å². The minimum Gasteiger partial charge on any atom is -0.494 e. The monoisotopic (exact) mass is 280 g/mol. The molecular formula is C15H24N2O3. The third-order valence-corrected chi connectivity index (χ3v) is 2.69. The molecule has 5 heteroatoms. The van der Waals surface area contributed by atoms with Crippen LogP contribution in [0.25, 0.3) is 0 Å². The predicted octanol–water partition coefficient (Wildman–Crippen LogP) is 1.46. The van der Waals surface area contributed by atoms with Gasteiger partial charge >= 0.3 is 0 Å². The van der Waals surface area contributed by atoms with E-state index in [0.717, 1.165) is 31.7 Å². The summed E-state index contributed by atoms with van der Waals surface area (Å²) < 4.78 is 10.6. The molecule has 0 atom stereocenters. The normalized spacial score (nSPS) is 10.4. The number of amides is 1. The van der Waals surface area contributed by atoms with Crippen molar-refractivity contribution < 1.29 is 14.3 Å². The van der Waals surface area contributed by atoms with Crippen molar-refractivity contribution in [3.8, 4) is 5.75 Å². The summed E-state index contributed by atoms with van der Waals surface area (Å²) >= 11 is 0. The number of rotatable bonds is 11. The van der Waals surface area contributed by atoms with E-state index in [2.05, 4.69) is 12.2 Å². The van der Waals surface area contributed by atoms with Gasteiger partial charge < -0.3 is 20.5 Å². The van der Waals surface area contributed by atoms with Crippen LogP contribution in [0.15, 0.2) is 24.3 Å². The van der Waals surface area contributed by atoms with Crippen LogP contribution in [0.1, 0.15) is 25.3 Å². The van der Waals surface area contributed by atoms with E-state index >= 15 is 0 Å². The molecule has 0 fully saturated rings. The van der Waals surface area contributed by atoms with Crippen LogP contribution >= 0.6 is 0 Å². The first-order valence-electron chi connectivity index (χ1n) is 7.01. The Morgan fingerprint density at radius 3 is 2.65 bits per heavy atom. The quantitative estimate of drug-likeness (QED) is 0.602. The molecule has 0 radical (unpaired) electrons. The van der Waals surface area contributed by atoms with E-state index in [0.29, 0.717) is 13.2 Å².